The van der Waals surface area contributed by atoms with Crippen molar-refractivity contribution in [1.82, 2.24) is 19.4 Å². The van der Waals surface area contributed by atoms with Crippen LogP contribution in [-0.4, -0.2) is 80.8 Å². The van der Waals surface area contributed by atoms with Crippen LogP contribution in [0.5, 0.6) is 5.75 Å². The molecule has 0 radical (unpaired) electrons. The van der Waals surface area contributed by atoms with Crippen LogP contribution in [0, 0.1) is 0 Å². The van der Waals surface area contributed by atoms with Gasteiger partial charge in [-0.25, -0.2) is 8.42 Å². The largest absolute Gasteiger partial charge is 0.492 e. The number of sulfonamides is 1. The Balaban J connectivity index is 1.80. The van der Waals surface area contributed by atoms with Crippen LogP contribution in [0.25, 0.3) is 0 Å². The number of aromatic nitrogens is 2. The topological polar surface area (TPSA) is 123 Å². The van der Waals surface area contributed by atoms with Gasteiger partial charge in [0.05, 0.1) is 25.0 Å². The van der Waals surface area contributed by atoms with E-state index < -0.39 is 21.9 Å². The monoisotopic (exact) mass is 493 g/mol. The van der Waals surface area contributed by atoms with Gasteiger partial charge in [-0.05, 0) is 25.5 Å². The molecule has 1 aromatic heterocycles. The van der Waals surface area contributed by atoms with E-state index in [9.17, 15) is 18.0 Å². The lowest BCUT2D eigenvalue weighted by molar-refractivity contribution is -0.139. The number of nitrogens with zero attached hydrogens (tertiary/aromatic N) is 4. The molecule has 186 valence electrons. The number of hydrogen-bond acceptors (Lipinski definition) is 8. The van der Waals surface area contributed by atoms with Crippen molar-refractivity contribution in [2.24, 2.45) is 0 Å². The summed E-state index contributed by atoms with van der Waals surface area (Å²) in [7, 11) is -2.83. The Kier molecular flexibility index (Phi) is 8.51. The number of carbonyl (C=O) groups excluding carboxylic acids is 2. The second-order valence-corrected chi connectivity index (χ2v) is 9.51. The number of benzene rings is 1. The molecule has 0 spiro atoms. The minimum Gasteiger partial charge on any atom is -0.492 e. The molecule has 34 heavy (non-hydrogen) atoms. The molecule has 2 heterocycles. The van der Waals surface area contributed by atoms with Crippen LogP contribution in [0.4, 0.5) is 5.69 Å². The summed E-state index contributed by atoms with van der Waals surface area (Å²) in [4.78, 5) is 26.2. The number of carbonyl (C=O) groups is 2. The number of anilines is 1. The van der Waals surface area contributed by atoms with Crippen molar-refractivity contribution >= 4 is 27.6 Å². The fraction of sp³-hybridized carbons (Fsp3) is 0.500. The second kappa shape index (κ2) is 11.3. The number of para-hydroxylation sites is 2. The summed E-state index contributed by atoms with van der Waals surface area (Å²) in [5, 5.41) is 6.29. The van der Waals surface area contributed by atoms with Crippen LogP contribution in [0.3, 0.4) is 0 Å². The highest BCUT2D eigenvalue weighted by molar-refractivity contribution is 7.89. The Labute approximate surface area is 199 Å². The first-order valence-corrected chi connectivity index (χ1v) is 12.6. The van der Waals surface area contributed by atoms with E-state index in [-0.39, 0.29) is 30.2 Å². The van der Waals surface area contributed by atoms with Crippen LogP contribution in [0.1, 0.15) is 30.6 Å². The summed E-state index contributed by atoms with van der Waals surface area (Å²) >= 11 is 0. The molecule has 1 aliphatic rings. The second-order valence-electron chi connectivity index (χ2n) is 7.66. The molecule has 1 aliphatic heterocycles. The molecular weight excluding hydrogens is 462 g/mol. The van der Waals surface area contributed by atoms with Gasteiger partial charge in [0.25, 0.3) is 15.9 Å². The Hall–Kier alpha value is -3.12. The van der Waals surface area contributed by atoms with E-state index in [1.54, 1.807) is 0 Å². The van der Waals surface area contributed by atoms with Crippen molar-refractivity contribution in [1.29, 1.82) is 0 Å². The van der Waals surface area contributed by atoms with Crippen molar-refractivity contribution in [3.8, 4) is 5.75 Å². The van der Waals surface area contributed by atoms with Crippen molar-refractivity contribution in [2.75, 3.05) is 51.3 Å². The zero-order chi connectivity index (χ0) is 24.7. The van der Waals surface area contributed by atoms with Gasteiger partial charge in [-0.3, -0.25) is 14.3 Å². The van der Waals surface area contributed by atoms with E-state index in [0.29, 0.717) is 32.7 Å². The van der Waals surface area contributed by atoms with Gasteiger partial charge < -0.3 is 19.7 Å². The standard InChI is InChI=1S/C22H31N5O6S/c1-4-10-26-16-17(21(29)23-15-20(28)32-3)22(24-26)34(30,31)27-13-11-25(12-14-27)18-8-6-7-9-19(18)33-5-2/h6-9,16H,4-5,10-15H2,1-3H3,(H,23,29). The maximum Gasteiger partial charge on any atom is 0.325 e. The van der Waals surface area contributed by atoms with E-state index in [2.05, 4.69) is 20.1 Å². The number of rotatable bonds is 10. The smallest absolute Gasteiger partial charge is 0.325 e. The zero-order valence-electron chi connectivity index (χ0n) is 19.7. The molecule has 0 bridgehead atoms. The van der Waals surface area contributed by atoms with E-state index >= 15 is 0 Å². The fourth-order valence-corrected chi connectivity index (χ4v) is 5.22. The highest BCUT2D eigenvalue weighted by atomic mass is 32.2. The number of hydrogen-bond donors (Lipinski definition) is 1. The first kappa shape index (κ1) is 25.5. The van der Waals surface area contributed by atoms with Crippen LogP contribution in [0.2, 0.25) is 0 Å². The maximum atomic E-state index is 13.5. The van der Waals surface area contributed by atoms with Crippen LogP contribution >= 0.6 is 0 Å². The lowest BCUT2D eigenvalue weighted by Gasteiger charge is -2.35. The molecule has 0 unspecified atom stereocenters. The Morgan fingerprint density at radius 3 is 2.47 bits per heavy atom. The van der Waals surface area contributed by atoms with Gasteiger partial charge in [-0.1, -0.05) is 19.1 Å². The lowest BCUT2D eigenvalue weighted by Crippen LogP contribution is -2.49. The molecule has 0 saturated carbocycles. The average molecular weight is 494 g/mol. The van der Waals surface area contributed by atoms with Gasteiger partial charge in [0.1, 0.15) is 12.3 Å². The Morgan fingerprint density at radius 2 is 1.82 bits per heavy atom. The van der Waals surface area contributed by atoms with Crippen molar-refractivity contribution in [3.05, 3.63) is 36.0 Å². The SMILES string of the molecule is CCCn1cc(C(=O)NCC(=O)OC)c(S(=O)(=O)N2CCN(c3ccccc3OCC)CC2)n1. The summed E-state index contributed by atoms with van der Waals surface area (Å²) < 4.78 is 40.0. The number of nitrogens with one attached hydrogen (secondary N) is 1. The Morgan fingerprint density at radius 1 is 1.12 bits per heavy atom. The lowest BCUT2D eigenvalue weighted by atomic mass is 10.2. The number of amides is 1. The molecule has 12 heteroatoms. The summed E-state index contributed by atoms with van der Waals surface area (Å²) in [6, 6.07) is 7.65. The third kappa shape index (κ3) is 5.68. The van der Waals surface area contributed by atoms with Crippen LogP contribution < -0.4 is 15.0 Å². The predicted molar refractivity (Wildman–Crippen MR) is 125 cm³/mol. The molecule has 2 aromatic rings. The average Bonchev–Trinajstić information content (AvgIpc) is 3.28. The van der Waals surface area contributed by atoms with Crippen molar-refractivity contribution in [3.63, 3.8) is 0 Å². The number of esters is 1. The first-order valence-electron chi connectivity index (χ1n) is 11.2. The van der Waals surface area contributed by atoms with Crippen LogP contribution in [-0.2, 0) is 26.1 Å². The van der Waals surface area contributed by atoms with Crippen molar-refractivity contribution in [2.45, 2.75) is 31.8 Å². The normalized spacial score (nSPS) is 14.6. The molecule has 0 aliphatic carbocycles. The van der Waals surface area contributed by atoms with Gasteiger partial charge in [0.15, 0.2) is 0 Å². The van der Waals surface area contributed by atoms with Crippen LogP contribution in [0.15, 0.2) is 35.5 Å². The predicted octanol–water partition coefficient (Wildman–Crippen LogP) is 1.11. The van der Waals surface area contributed by atoms with Crippen molar-refractivity contribution < 1.29 is 27.5 Å². The molecule has 0 atom stereocenters. The molecular formula is C22H31N5O6S. The summed E-state index contributed by atoms with van der Waals surface area (Å²) in [5.41, 5.74) is 0.818. The van der Waals surface area contributed by atoms with Gasteiger partial charge in [-0.15, -0.1) is 0 Å². The fourth-order valence-electron chi connectivity index (χ4n) is 3.70. The minimum absolute atomic E-state index is 0.0959. The van der Waals surface area contributed by atoms with Gasteiger partial charge >= 0.3 is 5.97 Å². The van der Waals surface area contributed by atoms with E-state index in [0.717, 1.165) is 11.4 Å². The van der Waals surface area contributed by atoms with Gasteiger partial charge in [0.2, 0.25) is 5.03 Å². The van der Waals surface area contributed by atoms with E-state index in [1.807, 2.05) is 38.1 Å². The minimum atomic E-state index is -4.04. The quantitative estimate of drug-likeness (QED) is 0.488. The highest BCUT2D eigenvalue weighted by Crippen LogP contribution is 2.30. The summed E-state index contributed by atoms with van der Waals surface area (Å²) in [6.45, 7) is 5.84. The third-order valence-electron chi connectivity index (χ3n) is 5.37. The molecule has 11 nitrogen and oxygen atoms in total. The number of piperazine rings is 1. The molecule has 1 aromatic carbocycles. The summed E-state index contributed by atoms with van der Waals surface area (Å²) in [5.74, 6) is -0.582. The Bertz CT molecular complexity index is 1110. The molecule has 1 N–H and O–H groups in total. The first-order chi connectivity index (χ1) is 16.3. The number of aryl methyl sites for hydroxylation is 1. The maximum absolute atomic E-state index is 13.5. The third-order valence-corrected chi connectivity index (χ3v) is 7.21. The molecule has 1 amide bonds. The van der Waals surface area contributed by atoms with Gasteiger partial charge in [-0.2, -0.15) is 9.40 Å². The highest BCUT2D eigenvalue weighted by Gasteiger charge is 2.35. The molecule has 3 rings (SSSR count). The number of methoxy groups -OCH3 is 1. The number of ether oxygens (including phenoxy) is 2. The zero-order valence-corrected chi connectivity index (χ0v) is 20.5. The van der Waals surface area contributed by atoms with Gasteiger partial charge in [0, 0.05) is 38.9 Å². The van der Waals surface area contributed by atoms with E-state index in [1.165, 1.54) is 22.3 Å². The summed E-state index contributed by atoms with van der Waals surface area (Å²) in [6.07, 6.45) is 2.11. The molecule has 1 fully saturated rings. The van der Waals surface area contributed by atoms with E-state index in [4.69, 9.17) is 4.74 Å². The molecule has 1 saturated heterocycles.